The SMILES string of the molecule is CCSc1nc2sc3c(c2c2nnc(SCC(=O)c4ccc(Cl)cc4)n12)CCCC3. The number of aryl methyl sites for hydroxylation is 2. The van der Waals surface area contributed by atoms with E-state index in [0.29, 0.717) is 21.5 Å². The van der Waals surface area contributed by atoms with E-state index in [1.807, 2.05) is 4.40 Å². The highest BCUT2D eigenvalue weighted by Crippen LogP contribution is 2.39. The van der Waals surface area contributed by atoms with Gasteiger partial charge in [-0.25, -0.2) is 9.38 Å². The number of thioether (sulfide) groups is 2. The first-order valence-corrected chi connectivity index (χ1v) is 13.1. The summed E-state index contributed by atoms with van der Waals surface area (Å²) in [5, 5.41) is 12.4. The number of rotatable bonds is 6. The summed E-state index contributed by atoms with van der Waals surface area (Å²) in [5.41, 5.74) is 2.92. The molecule has 0 unspecified atom stereocenters. The number of Topliss-reactive ketones (excluding diaryl/α,β-unsaturated/α-hetero) is 1. The van der Waals surface area contributed by atoms with Gasteiger partial charge in [0.2, 0.25) is 0 Å². The smallest absolute Gasteiger partial charge is 0.198 e. The minimum atomic E-state index is 0.0417. The normalized spacial score (nSPS) is 13.8. The lowest BCUT2D eigenvalue weighted by Crippen LogP contribution is -2.04. The number of halogens is 1. The number of ketones is 1. The van der Waals surface area contributed by atoms with Crippen molar-refractivity contribution in [1.82, 2.24) is 19.6 Å². The Morgan fingerprint density at radius 1 is 1.13 bits per heavy atom. The predicted octanol–water partition coefficient (Wildman–Crippen LogP) is 5.96. The van der Waals surface area contributed by atoms with Crippen molar-refractivity contribution in [3.63, 3.8) is 0 Å². The molecule has 1 aliphatic carbocycles. The highest BCUT2D eigenvalue weighted by atomic mass is 35.5. The Balaban J connectivity index is 1.54. The number of aromatic nitrogens is 4. The van der Waals surface area contributed by atoms with Gasteiger partial charge in [-0.05, 0) is 61.3 Å². The summed E-state index contributed by atoms with van der Waals surface area (Å²) in [7, 11) is 0. The summed E-state index contributed by atoms with van der Waals surface area (Å²) in [4.78, 5) is 20.1. The fraction of sp³-hybridized carbons (Fsp3) is 0.333. The zero-order valence-electron chi connectivity index (χ0n) is 16.4. The van der Waals surface area contributed by atoms with Crippen LogP contribution in [0.2, 0.25) is 5.02 Å². The predicted molar refractivity (Wildman–Crippen MR) is 126 cm³/mol. The quantitative estimate of drug-likeness (QED) is 0.195. The van der Waals surface area contributed by atoms with E-state index in [1.54, 1.807) is 47.4 Å². The standard InChI is InChI=1S/C21H19ClN4OS3/c1-2-28-20-23-19-17(14-5-3-4-6-16(14)30-19)18-24-25-21(26(18)20)29-11-15(27)12-7-9-13(22)10-8-12/h7-10H,2-6,11H2,1H3. The minimum absolute atomic E-state index is 0.0417. The number of thiophene rings is 1. The molecular formula is C21H19ClN4OS3. The highest BCUT2D eigenvalue weighted by Gasteiger charge is 2.24. The minimum Gasteiger partial charge on any atom is -0.293 e. The second-order valence-electron chi connectivity index (χ2n) is 7.08. The molecule has 3 aromatic heterocycles. The molecule has 3 heterocycles. The van der Waals surface area contributed by atoms with Gasteiger partial charge in [-0.2, -0.15) is 0 Å². The first-order chi connectivity index (χ1) is 14.7. The molecule has 5 nitrogen and oxygen atoms in total. The molecule has 9 heteroatoms. The lowest BCUT2D eigenvalue weighted by Gasteiger charge is -2.11. The van der Waals surface area contributed by atoms with Crippen LogP contribution in [0.15, 0.2) is 34.6 Å². The second kappa shape index (κ2) is 8.49. The molecule has 0 bridgehead atoms. The zero-order chi connectivity index (χ0) is 20.7. The van der Waals surface area contributed by atoms with Crippen molar-refractivity contribution in [1.29, 1.82) is 0 Å². The monoisotopic (exact) mass is 474 g/mol. The molecule has 0 radical (unpaired) electrons. The Labute approximate surface area is 191 Å². The van der Waals surface area contributed by atoms with Crippen molar-refractivity contribution in [2.24, 2.45) is 0 Å². The molecule has 1 aromatic carbocycles. The first kappa shape index (κ1) is 20.3. The van der Waals surface area contributed by atoms with Crippen molar-refractivity contribution in [2.75, 3.05) is 11.5 Å². The number of hydrogen-bond acceptors (Lipinski definition) is 7. The van der Waals surface area contributed by atoms with Crippen LogP contribution < -0.4 is 0 Å². The van der Waals surface area contributed by atoms with Crippen molar-refractivity contribution >= 4 is 68.1 Å². The number of carbonyl (C=O) groups excluding carboxylic acids is 1. The van der Waals surface area contributed by atoms with Crippen LogP contribution in [0.25, 0.3) is 15.9 Å². The van der Waals surface area contributed by atoms with E-state index in [9.17, 15) is 4.79 Å². The number of benzene rings is 1. The van der Waals surface area contributed by atoms with Crippen LogP contribution in [-0.4, -0.2) is 36.9 Å². The average molecular weight is 475 g/mol. The molecule has 0 atom stereocenters. The lowest BCUT2D eigenvalue weighted by atomic mass is 9.97. The Morgan fingerprint density at radius 3 is 2.73 bits per heavy atom. The van der Waals surface area contributed by atoms with E-state index in [-0.39, 0.29) is 5.78 Å². The molecule has 0 saturated carbocycles. The van der Waals surface area contributed by atoms with Gasteiger partial charge >= 0.3 is 0 Å². The maximum Gasteiger partial charge on any atom is 0.198 e. The van der Waals surface area contributed by atoms with Crippen LogP contribution in [0.5, 0.6) is 0 Å². The van der Waals surface area contributed by atoms with Gasteiger partial charge in [-0.15, -0.1) is 21.5 Å². The molecule has 154 valence electrons. The molecule has 0 fully saturated rings. The summed E-state index contributed by atoms with van der Waals surface area (Å²) >= 11 is 10.8. The van der Waals surface area contributed by atoms with Gasteiger partial charge in [-0.1, -0.05) is 42.0 Å². The number of carbonyl (C=O) groups is 1. The van der Waals surface area contributed by atoms with E-state index < -0.39 is 0 Å². The van der Waals surface area contributed by atoms with Crippen LogP contribution in [0, 0.1) is 0 Å². The topological polar surface area (TPSA) is 60.2 Å². The van der Waals surface area contributed by atoms with Gasteiger partial charge < -0.3 is 0 Å². The first-order valence-electron chi connectivity index (χ1n) is 9.89. The molecule has 0 amide bonds. The summed E-state index contributed by atoms with van der Waals surface area (Å²) in [6.07, 6.45) is 4.66. The van der Waals surface area contributed by atoms with Crippen molar-refractivity contribution in [2.45, 2.75) is 42.9 Å². The number of hydrogen-bond donors (Lipinski definition) is 0. The maximum absolute atomic E-state index is 12.6. The molecule has 30 heavy (non-hydrogen) atoms. The molecule has 0 spiro atoms. The van der Waals surface area contributed by atoms with Crippen LogP contribution >= 0.6 is 46.5 Å². The molecule has 1 aliphatic rings. The van der Waals surface area contributed by atoms with Gasteiger partial charge in [0.05, 0.1) is 11.1 Å². The average Bonchev–Trinajstić information content (AvgIpc) is 3.34. The number of fused-ring (bicyclic) bond motifs is 5. The zero-order valence-corrected chi connectivity index (χ0v) is 19.6. The molecular weight excluding hydrogens is 456 g/mol. The number of nitrogens with zero attached hydrogens (tertiary/aromatic N) is 4. The Morgan fingerprint density at radius 2 is 1.93 bits per heavy atom. The third-order valence-electron chi connectivity index (χ3n) is 5.17. The third-order valence-corrected chi connectivity index (χ3v) is 8.36. The maximum atomic E-state index is 12.6. The van der Waals surface area contributed by atoms with Gasteiger partial charge in [0.1, 0.15) is 4.83 Å². The molecule has 0 aliphatic heterocycles. The van der Waals surface area contributed by atoms with Gasteiger partial charge in [0, 0.05) is 15.5 Å². The molecule has 5 rings (SSSR count). The van der Waals surface area contributed by atoms with Crippen molar-refractivity contribution in [3.8, 4) is 0 Å². The summed E-state index contributed by atoms with van der Waals surface area (Å²) in [5.74, 6) is 1.24. The highest BCUT2D eigenvalue weighted by molar-refractivity contribution is 8.00. The molecule has 0 N–H and O–H groups in total. The Bertz CT molecular complexity index is 1250. The van der Waals surface area contributed by atoms with E-state index in [4.69, 9.17) is 16.6 Å². The van der Waals surface area contributed by atoms with Crippen LogP contribution in [-0.2, 0) is 12.8 Å². The van der Waals surface area contributed by atoms with Gasteiger partial charge in [0.15, 0.2) is 21.7 Å². The third kappa shape index (κ3) is 3.64. The fourth-order valence-electron chi connectivity index (χ4n) is 3.77. The van der Waals surface area contributed by atoms with Crippen molar-refractivity contribution in [3.05, 3.63) is 45.3 Å². The van der Waals surface area contributed by atoms with Crippen LogP contribution in [0.1, 0.15) is 40.6 Å². The van der Waals surface area contributed by atoms with Gasteiger partial charge in [-0.3, -0.25) is 4.79 Å². The van der Waals surface area contributed by atoms with E-state index in [2.05, 4.69) is 17.1 Å². The van der Waals surface area contributed by atoms with Crippen LogP contribution in [0.3, 0.4) is 0 Å². The van der Waals surface area contributed by atoms with E-state index in [1.165, 1.54) is 35.0 Å². The van der Waals surface area contributed by atoms with E-state index >= 15 is 0 Å². The van der Waals surface area contributed by atoms with E-state index in [0.717, 1.165) is 39.6 Å². The molecule has 0 saturated heterocycles. The second-order valence-corrected chi connectivity index (χ2v) is 10.8. The fourth-order valence-corrected chi connectivity index (χ4v) is 6.81. The largest absolute Gasteiger partial charge is 0.293 e. The summed E-state index contributed by atoms with van der Waals surface area (Å²) in [6, 6.07) is 6.99. The summed E-state index contributed by atoms with van der Waals surface area (Å²) in [6.45, 7) is 2.11. The summed E-state index contributed by atoms with van der Waals surface area (Å²) < 4.78 is 2.04. The Kier molecular flexibility index (Phi) is 5.75. The van der Waals surface area contributed by atoms with Crippen LogP contribution in [0.4, 0.5) is 0 Å². The van der Waals surface area contributed by atoms with Crippen molar-refractivity contribution < 1.29 is 4.79 Å². The lowest BCUT2D eigenvalue weighted by molar-refractivity contribution is 0.102. The Hall–Kier alpha value is -1.61. The molecule has 4 aromatic rings. The van der Waals surface area contributed by atoms with Gasteiger partial charge in [0.25, 0.3) is 0 Å².